The number of halogens is 1. The molecule has 1 heterocycles. The van der Waals surface area contributed by atoms with Crippen LogP contribution in [0.5, 0.6) is 11.6 Å². The molecule has 0 bridgehead atoms. The number of aromatic nitrogens is 1. The maximum absolute atomic E-state index is 13.2. The maximum atomic E-state index is 13.2. The van der Waals surface area contributed by atoms with Crippen LogP contribution in [0.1, 0.15) is 0 Å². The Balaban J connectivity index is 1.40. The number of nitrogens with zero attached hydrogens (tertiary/aromatic N) is 2. The molecule has 0 atom stereocenters. The zero-order valence-corrected chi connectivity index (χ0v) is 15.2. The molecule has 4 rings (SSSR count). The fourth-order valence-corrected chi connectivity index (χ4v) is 2.90. The Morgan fingerprint density at radius 2 is 1.72 bits per heavy atom. The maximum Gasteiger partial charge on any atom is 0.302 e. The van der Waals surface area contributed by atoms with Gasteiger partial charge in [0.2, 0.25) is 5.88 Å². The average molecular weight is 389 g/mol. The van der Waals surface area contributed by atoms with Crippen molar-refractivity contribution in [3.05, 3.63) is 78.6 Å². The van der Waals surface area contributed by atoms with Crippen LogP contribution in [-0.2, 0) is 4.79 Å². The minimum absolute atomic E-state index is 0.0700. The summed E-state index contributed by atoms with van der Waals surface area (Å²) in [7, 11) is 0. The first-order chi connectivity index (χ1) is 14.1. The summed E-state index contributed by atoms with van der Waals surface area (Å²) in [5.74, 6) is -0.837. The van der Waals surface area contributed by atoms with Crippen LogP contribution in [0.3, 0.4) is 0 Å². The van der Waals surface area contributed by atoms with Crippen molar-refractivity contribution < 1.29 is 19.0 Å². The van der Waals surface area contributed by atoms with E-state index < -0.39 is 11.7 Å². The lowest BCUT2D eigenvalue weighted by atomic mass is 10.1. The lowest BCUT2D eigenvalue weighted by Gasteiger charge is -2.05. The zero-order valence-electron chi connectivity index (χ0n) is 15.2. The number of carbonyl (C=O) groups excluding carboxylic acids is 1. The Bertz CT molecular complexity index is 1190. The molecule has 0 aliphatic heterocycles. The lowest BCUT2D eigenvalue weighted by Crippen LogP contribution is -2.07. The SMILES string of the molecule is O=C(COc1ccc(-c2ccccc2)cc1)N=Nc1c(O)[nH]c2cc(F)ccc12. The highest BCUT2D eigenvalue weighted by atomic mass is 19.1. The molecule has 144 valence electrons. The van der Waals surface area contributed by atoms with Crippen LogP contribution < -0.4 is 4.74 Å². The number of ether oxygens (including phenoxy) is 1. The van der Waals surface area contributed by atoms with Gasteiger partial charge in [-0.3, -0.25) is 4.79 Å². The Labute approximate surface area is 165 Å². The molecule has 2 N–H and O–H groups in total. The molecule has 29 heavy (non-hydrogen) atoms. The molecule has 0 unspecified atom stereocenters. The standard InChI is InChI=1S/C22H16FN3O3/c23-16-8-11-18-19(12-16)24-22(28)21(18)26-25-20(27)13-29-17-9-6-15(7-10-17)14-4-2-1-3-5-14/h1-12,24,28H,13H2. The fraction of sp³-hybridized carbons (Fsp3) is 0.0455. The van der Waals surface area contributed by atoms with Gasteiger partial charge in [0, 0.05) is 5.39 Å². The minimum Gasteiger partial charge on any atom is -0.493 e. The van der Waals surface area contributed by atoms with Crippen molar-refractivity contribution in [2.24, 2.45) is 10.2 Å². The lowest BCUT2D eigenvalue weighted by molar-refractivity contribution is -0.120. The van der Waals surface area contributed by atoms with Crippen molar-refractivity contribution >= 4 is 22.5 Å². The molecule has 1 amide bonds. The molecule has 3 aromatic carbocycles. The average Bonchev–Trinajstić information content (AvgIpc) is 3.05. The number of hydrogen-bond acceptors (Lipinski definition) is 4. The largest absolute Gasteiger partial charge is 0.493 e. The zero-order chi connectivity index (χ0) is 20.2. The first-order valence-corrected chi connectivity index (χ1v) is 8.83. The summed E-state index contributed by atoms with van der Waals surface area (Å²) in [6, 6.07) is 21.1. The van der Waals surface area contributed by atoms with Gasteiger partial charge in [-0.15, -0.1) is 10.2 Å². The number of aromatic hydroxyl groups is 1. The Morgan fingerprint density at radius 1 is 1.00 bits per heavy atom. The van der Waals surface area contributed by atoms with Gasteiger partial charge in [0.25, 0.3) is 0 Å². The summed E-state index contributed by atoms with van der Waals surface area (Å²) in [6.07, 6.45) is 0. The van der Waals surface area contributed by atoms with Crippen LogP contribution in [0.4, 0.5) is 10.1 Å². The van der Waals surface area contributed by atoms with Gasteiger partial charge in [-0.2, -0.15) is 0 Å². The molecule has 0 aliphatic carbocycles. The molecule has 6 nitrogen and oxygen atoms in total. The number of aromatic amines is 1. The van der Waals surface area contributed by atoms with Crippen molar-refractivity contribution in [3.63, 3.8) is 0 Å². The van der Waals surface area contributed by atoms with Gasteiger partial charge < -0.3 is 14.8 Å². The van der Waals surface area contributed by atoms with Gasteiger partial charge >= 0.3 is 5.91 Å². The summed E-state index contributed by atoms with van der Waals surface area (Å²) in [6.45, 7) is -0.300. The van der Waals surface area contributed by atoms with E-state index in [4.69, 9.17) is 4.74 Å². The molecular formula is C22H16FN3O3. The number of rotatable bonds is 5. The van der Waals surface area contributed by atoms with Gasteiger partial charge in [-0.25, -0.2) is 4.39 Å². The normalized spacial score (nSPS) is 11.2. The van der Waals surface area contributed by atoms with E-state index in [1.165, 1.54) is 18.2 Å². The van der Waals surface area contributed by atoms with Crippen LogP contribution in [0.25, 0.3) is 22.0 Å². The van der Waals surface area contributed by atoms with Crippen molar-refractivity contribution in [1.82, 2.24) is 4.98 Å². The second-order valence-electron chi connectivity index (χ2n) is 6.28. The second-order valence-corrected chi connectivity index (χ2v) is 6.28. The topological polar surface area (TPSA) is 87.0 Å². The smallest absolute Gasteiger partial charge is 0.302 e. The third-order valence-electron chi connectivity index (χ3n) is 4.30. The Hall–Kier alpha value is -4.00. The van der Waals surface area contributed by atoms with Crippen LogP contribution in [0, 0.1) is 5.82 Å². The quantitative estimate of drug-likeness (QED) is 0.450. The van der Waals surface area contributed by atoms with Crippen molar-refractivity contribution in [1.29, 1.82) is 0 Å². The van der Waals surface area contributed by atoms with Crippen molar-refractivity contribution in [2.75, 3.05) is 6.61 Å². The van der Waals surface area contributed by atoms with Gasteiger partial charge in [-0.05, 0) is 41.5 Å². The van der Waals surface area contributed by atoms with Gasteiger partial charge in [0.05, 0.1) is 5.52 Å². The molecular weight excluding hydrogens is 373 g/mol. The second kappa shape index (κ2) is 7.93. The fourth-order valence-electron chi connectivity index (χ4n) is 2.90. The van der Waals surface area contributed by atoms with Crippen LogP contribution in [0.2, 0.25) is 0 Å². The summed E-state index contributed by atoms with van der Waals surface area (Å²) in [5.41, 5.74) is 2.55. The first kappa shape index (κ1) is 18.4. The molecule has 0 spiro atoms. The van der Waals surface area contributed by atoms with Crippen molar-refractivity contribution in [2.45, 2.75) is 0 Å². The van der Waals surface area contributed by atoms with Gasteiger partial charge in [0.1, 0.15) is 11.6 Å². The molecule has 0 saturated heterocycles. The Morgan fingerprint density at radius 3 is 2.48 bits per heavy atom. The predicted molar refractivity (Wildman–Crippen MR) is 107 cm³/mol. The monoisotopic (exact) mass is 389 g/mol. The molecule has 7 heteroatoms. The molecule has 0 aliphatic rings. The van der Waals surface area contributed by atoms with Gasteiger partial charge in [-0.1, -0.05) is 42.5 Å². The minimum atomic E-state index is -0.618. The van der Waals surface area contributed by atoms with E-state index in [9.17, 15) is 14.3 Å². The summed E-state index contributed by atoms with van der Waals surface area (Å²) >= 11 is 0. The summed E-state index contributed by atoms with van der Waals surface area (Å²) < 4.78 is 18.7. The first-order valence-electron chi connectivity index (χ1n) is 8.83. The number of H-pyrrole nitrogens is 1. The highest BCUT2D eigenvalue weighted by Gasteiger charge is 2.12. The highest BCUT2D eigenvalue weighted by Crippen LogP contribution is 2.35. The third-order valence-corrected chi connectivity index (χ3v) is 4.30. The number of carbonyl (C=O) groups is 1. The van der Waals surface area contributed by atoms with Crippen LogP contribution in [0.15, 0.2) is 83.0 Å². The highest BCUT2D eigenvalue weighted by molar-refractivity contribution is 5.94. The number of nitrogens with one attached hydrogen (secondary N) is 1. The predicted octanol–water partition coefficient (Wildman–Crippen LogP) is 5.37. The Kier molecular flexibility index (Phi) is 5.03. The van der Waals surface area contributed by atoms with Crippen LogP contribution >= 0.6 is 0 Å². The third kappa shape index (κ3) is 4.14. The molecule has 1 aromatic heterocycles. The van der Waals surface area contributed by atoms with E-state index in [2.05, 4.69) is 15.2 Å². The van der Waals surface area contributed by atoms with E-state index in [0.717, 1.165) is 11.1 Å². The summed E-state index contributed by atoms with van der Waals surface area (Å²) in [5, 5.41) is 17.7. The number of amides is 1. The molecule has 4 aromatic rings. The van der Waals surface area contributed by atoms with Crippen LogP contribution in [-0.4, -0.2) is 22.6 Å². The van der Waals surface area contributed by atoms with E-state index in [1.807, 2.05) is 42.5 Å². The number of azo groups is 1. The number of hydrogen-bond donors (Lipinski definition) is 2. The summed E-state index contributed by atoms with van der Waals surface area (Å²) in [4.78, 5) is 14.6. The van der Waals surface area contributed by atoms with Crippen molar-refractivity contribution in [3.8, 4) is 22.8 Å². The number of benzene rings is 3. The molecule has 0 saturated carbocycles. The van der Waals surface area contributed by atoms with E-state index in [0.29, 0.717) is 16.7 Å². The number of fused-ring (bicyclic) bond motifs is 1. The molecule has 0 fully saturated rings. The van der Waals surface area contributed by atoms with E-state index in [1.54, 1.807) is 12.1 Å². The molecule has 0 radical (unpaired) electrons. The van der Waals surface area contributed by atoms with E-state index >= 15 is 0 Å². The van der Waals surface area contributed by atoms with Gasteiger partial charge in [0.15, 0.2) is 12.3 Å². The van der Waals surface area contributed by atoms with E-state index in [-0.39, 0.29) is 18.2 Å².